The van der Waals surface area contributed by atoms with Gasteiger partial charge in [-0.25, -0.2) is 0 Å². The molecule has 0 aliphatic heterocycles. The number of hydrogen-bond acceptors (Lipinski definition) is 1. The van der Waals surface area contributed by atoms with Gasteiger partial charge >= 0.3 is 0 Å². The number of para-hydroxylation sites is 1. The molecule has 1 fully saturated rings. The summed E-state index contributed by atoms with van der Waals surface area (Å²) in [6.07, 6.45) is 10.4. The van der Waals surface area contributed by atoms with Gasteiger partial charge in [0, 0.05) is 29.1 Å². The van der Waals surface area contributed by atoms with E-state index in [0.29, 0.717) is 12.2 Å². The monoisotopic (exact) mass is 255 g/mol. The van der Waals surface area contributed by atoms with Gasteiger partial charge in [-0.3, -0.25) is 4.79 Å². The molecule has 2 aromatic rings. The lowest BCUT2D eigenvalue weighted by atomic mass is 9.85. The highest BCUT2D eigenvalue weighted by Crippen LogP contribution is 2.28. The number of Topliss-reactive ketones (excluding diaryl/α,β-unsaturated/α-hetero) is 1. The molecule has 2 nitrogen and oxygen atoms in total. The Kier molecular flexibility index (Phi) is 3.67. The highest BCUT2D eigenvalue weighted by Gasteiger charge is 2.17. The Morgan fingerprint density at radius 2 is 1.95 bits per heavy atom. The smallest absolute Gasteiger partial charge is 0.165 e. The molecule has 0 amide bonds. The van der Waals surface area contributed by atoms with E-state index in [-0.39, 0.29) is 0 Å². The van der Waals surface area contributed by atoms with Crippen LogP contribution >= 0.6 is 0 Å². The summed E-state index contributed by atoms with van der Waals surface area (Å²) in [7, 11) is 0. The first kappa shape index (κ1) is 12.5. The van der Waals surface area contributed by atoms with Crippen LogP contribution in [0.3, 0.4) is 0 Å². The molecule has 1 N–H and O–H groups in total. The maximum atomic E-state index is 12.3. The molecule has 0 bridgehead atoms. The number of aromatic nitrogens is 1. The van der Waals surface area contributed by atoms with Crippen molar-refractivity contribution < 1.29 is 4.79 Å². The van der Waals surface area contributed by atoms with E-state index < -0.39 is 0 Å². The molecule has 100 valence electrons. The van der Waals surface area contributed by atoms with Crippen LogP contribution in [0.25, 0.3) is 10.9 Å². The summed E-state index contributed by atoms with van der Waals surface area (Å²) in [4.78, 5) is 15.5. The fourth-order valence-corrected chi connectivity index (χ4v) is 3.25. The lowest BCUT2D eigenvalue weighted by molar-refractivity contribution is 0.0972. The zero-order valence-corrected chi connectivity index (χ0v) is 11.3. The molecule has 0 saturated heterocycles. The van der Waals surface area contributed by atoms with Crippen molar-refractivity contribution in [3.05, 3.63) is 36.0 Å². The van der Waals surface area contributed by atoms with Crippen LogP contribution in [0.5, 0.6) is 0 Å². The van der Waals surface area contributed by atoms with Crippen LogP contribution in [0.15, 0.2) is 30.5 Å². The second-order valence-corrected chi connectivity index (χ2v) is 5.71. The van der Waals surface area contributed by atoms with Crippen molar-refractivity contribution in [3.63, 3.8) is 0 Å². The Morgan fingerprint density at radius 1 is 1.16 bits per heavy atom. The van der Waals surface area contributed by atoms with E-state index in [9.17, 15) is 4.79 Å². The Bertz CT molecular complexity index is 563. The van der Waals surface area contributed by atoms with Crippen molar-refractivity contribution in [2.24, 2.45) is 5.92 Å². The molecule has 1 aromatic heterocycles. The third-order valence-electron chi connectivity index (χ3n) is 4.39. The lowest BCUT2D eigenvalue weighted by Gasteiger charge is -2.20. The average molecular weight is 255 g/mol. The molecule has 0 radical (unpaired) electrons. The van der Waals surface area contributed by atoms with Crippen molar-refractivity contribution in [2.45, 2.75) is 44.9 Å². The van der Waals surface area contributed by atoms with Gasteiger partial charge in [0.25, 0.3) is 0 Å². The number of carbonyl (C=O) groups is 1. The van der Waals surface area contributed by atoms with Crippen molar-refractivity contribution in [2.75, 3.05) is 0 Å². The van der Waals surface area contributed by atoms with Crippen molar-refractivity contribution >= 4 is 16.7 Å². The molecule has 0 unspecified atom stereocenters. The molecule has 0 atom stereocenters. The number of aromatic amines is 1. The van der Waals surface area contributed by atoms with Crippen molar-refractivity contribution in [3.8, 4) is 0 Å². The average Bonchev–Trinajstić information content (AvgIpc) is 2.90. The van der Waals surface area contributed by atoms with Gasteiger partial charge in [0.1, 0.15) is 0 Å². The molecule has 1 aliphatic carbocycles. The minimum Gasteiger partial charge on any atom is -0.360 e. The van der Waals surface area contributed by atoms with Gasteiger partial charge in [0.15, 0.2) is 5.78 Å². The van der Waals surface area contributed by atoms with E-state index in [0.717, 1.165) is 28.8 Å². The minimum atomic E-state index is 0.294. The van der Waals surface area contributed by atoms with E-state index in [1.807, 2.05) is 30.5 Å². The first-order valence-corrected chi connectivity index (χ1v) is 7.44. The number of nitrogens with one attached hydrogen (secondary N) is 1. The topological polar surface area (TPSA) is 32.9 Å². The van der Waals surface area contributed by atoms with E-state index in [4.69, 9.17) is 0 Å². The van der Waals surface area contributed by atoms with Crippen molar-refractivity contribution in [1.82, 2.24) is 4.98 Å². The first-order valence-electron chi connectivity index (χ1n) is 7.44. The third kappa shape index (κ3) is 2.73. The third-order valence-corrected chi connectivity index (χ3v) is 4.39. The molecule has 19 heavy (non-hydrogen) atoms. The predicted octanol–water partition coefficient (Wildman–Crippen LogP) is 4.71. The van der Waals surface area contributed by atoms with E-state index in [1.165, 1.54) is 32.1 Å². The number of carbonyl (C=O) groups excluding carboxylic acids is 1. The molecule has 3 rings (SSSR count). The fraction of sp³-hybridized carbons (Fsp3) is 0.471. The highest BCUT2D eigenvalue weighted by atomic mass is 16.1. The lowest BCUT2D eigenvalue weighted by Crippen LogP contribution is -2.09. The normalized spacial score (nSPS) is 16.8. The number of H-pyrrole nitrogens is 1. The largest absolute Gasteiger partial charge is 0.360 e. The number of ketones is 1. The van der Waals surface area contributed by atoms with Gasteiger partial charge in [0.2, 0.25) is 0 Å². The SMILES string of the molecule is O=C(CCC1CCCCC1)c1c[nH]c2ccccc12. The van der Waals surface area contributed by atoms with Crippen LogP contribution in [0.4, 0.5) is 0 Å². The van der Waals surface area contributed by atoms with E-state index in [2.05, 4.69) is 4.98 Å². The van der Waals surface area contributed by atoms with Crippen molar-refractivity contribution in [1.29, 1.82) is 0 Å². The zero-order chi connectivity index (χ0) is 13.1. The molecular weight excluding hydrogens is 234 g/mol. The molecule has 2 heteroatoms. The number of rotatable bonds is 4. The predicted molar refractivity (Wildman–Crippen MR) is 78.4 cm³/mol. The Morgan fingerprint density at radius 3 is 2.79 bits per heavy atom. The minimum absolute atomic E-state index is 0.294. The fourth-order valence-electron chi connectivity index (χ4n) is 3.25. The van der Waals surface area contributed by atoms with Gasteiger partial charge in [0.05, 0.1) is 0 Å². The van der Waals surface area contributed by atoms with Crippen LogP contribution in [0.2, 0.25) is 0 Å². The standard InChI is InChI=1S/C17H21NO/c19-17(11-10-13-6-2-1-3-7-13)15-12-18-16-9-5-4-8-14(15)16/h4-5,8-9,12-13,18H,1-3,6-7,10-11H2. The Hall–Kier alpha value is -1.57. The number of hydrogen-bond donors (Lipinski definition) is 1. The van der Waals surface area contributed by atoms with E-state index in [1.54, 1.807) is 0 Å². The summed E-state index contributed by atoms with van der Waals surface area (Å²) >= 11 is 0. The van der Waals surface area contributed by atoms with E-state index >= 15 is 0 Å². The summed E-state index contributed by atoms with van der Waals surface area (Å²) in [6, 6.07) is 8.04. The summed E-state index contributed by atoms with van der Waals surface area (Å²) in [6.45, 7) is 0. The summed E-state index contributed by atoms with van der Waals surface area (Å²) in [5, 5.41) is 1.07. The molecule has 0 spiro atoms. The summed E-state index contributed by atoms with van der Waals surface area (Å²) < 4.78 is 0. The van der Waals surface area contributed by atoms with Crippen LogP contribution < -0.4 is 0 Å². The molecule has 1 saturated carbocycles. The van der Waals surface area contributed by atoms with Crippen LogP contribution in [-0.2, 0) is 0 Å². The van der Waals surface area contributed by atoms with Gasteiger partial charge in [-0.15, -0.1) is 0 Å². The highest BCUT2D eigenvalue weighted by molar-refractivity contribution is 6.07. The maximum Gasteiger partial charge on any atom is 0.165 e. The van der Waals surface area contributed by atoms with Gasteiger partial charge in [-0.2, -0.15) is 0 Å². The second kappa shape index (κ2) is 5.60. The number of benzene rings is 1. The second-order valence-electron chi connectivity index (χ2n) is 5.71. The Labute approximate surface area is 114 Å². The van der Waals surface area contributed by atoms with Gasteiger partial charge in [-0.05, 0) is 18.4 Å². The molecule has 1 aliphatic rings. The van der Waals surface area contributed by atoms with Crippen LogP contribution in [0, 0.1) is 5.92 Å². The zero-order valence-electron chi connectivity index (χ0n) is 11.3. The number of fused-ring (bicyclic) bond motifs is 1. The Balaban J connectivity index is 1.66. The van der Waals surface area contributed by atoms with Crippen LogP contribution in [0.1, 0.15) is 55.3 Å². The molecular formula is C17H21NO. The molecule has 1 aromatic carbocycles. The van der Waals surface area contributed by atoms with Gasteiger partial charge < -0.3 is 4.98 Å². The summed E-state index contributed by atoms with van der Waals surface area (Å²) in [5.41, 5.74) is 1.93. The maximum absolute atomic E-state index is 12.3. The first-order chi connectivity index (χ1) is 9.34. The quantitative estimate of drug-likeness (QED) is 0.788. The summed E-state index contributed by atoms with van der Waals surface area (Å²) in [5.74, 6) is 1.07. The molecule has 1 heterocycles. The van der Waals surface area contributed by atoms with Gasteiger partial charge in [-0.1, -0.05) is 50.3 Å². The van der Waals surface area contributed by atoms with Crippen LogP contribution in [-0.4, -0.2) is 10.8 Å².